The Balaban J connectivity index is 1.77. The minimum Gasteiger partial charge on any atom is -0.458 e. The van der Waals surface area contributed by atoms with Crippen LogP contribution in [0.1, 0.15) is 18.4 Å². The predicted molar refractivity (Wildman–Crippen MR) is 63.7 cm³/mol. The summed E-state index contributed by atoms with van der Waals surface area (Å²) in [6.07, 6.45) is 3.36. The molecule has 1 aliphatic heterocycles. The Hall–Kier alpha value is -1.79. The Morgan fingerprint density at radius 2 is 2.17 bits per heavy atom. The van der Waals surface area contributed by atoms with E-state index in [-0.39, 0.29) is 0 Å². The number of aromatic nitrogens is 2. The summed E-state index contributed by atoms with van der Waals surface area (Å²) in [7, 11) is 0. The SMILES string of the molecule is CC1(c2ccc(Cn3cc(N)cn3)o2)OCCO1. The van der Waals surface area contributed by atoms with Crippen molar-refractivity contribution in [3.63, 3.8) is 0 Å². The van der Waals surface area contributed by atoms with Crippen molar-refractivity contribution in [3.05, 3.63) is 36.0 Å². The Labute approximate surface area is 104 Å². The summed E-state index contributed by atoms with van der Waals surface area (Å²) in [5.74, 6) is 0.699. The lowest BCUT2D eigenvalue weighted by molar-refractivity contribution is -0.163. The van der Waals surface area contributed by atoms with Gasteiger partial charge in [-0.05, 0) is 19.1 Å². The number of anilines is 1. The lowest BCUT2D eigenvalue weighted by Gasteiger charge is -2.18. The number of hydrogen-bond donors (Lipinski definition) is 1. The topological polar surface area (TPSA) is 75.4 Å². The van der Waals surface area contributed by atoms with Gasteiger partial charge in [0, 0.05) is 6.20 Å². The van der Waals surface area contributed by atoms with Crippen molar-refractivity contribution in [2.75, 3.05) is 18.9 Å². The van der Waals surface area contributed by atoms with E-state index in [1.54, 1.807) is 17.1 Å². The van der Waals surface area contributed by atoms with Gasteiger partial charge in [0.25, 0.3) is 0 Å². The number of nitrogens with two attached hydrogens (primary N) is 1. The van der Waals surface area contributed by atoms with E-state index >= 15 is 0 Å². The summed E-state index contributed by atoms with van der Waals surface area (Å²) in [4.78, 5) is 0. The molecular weight excluding hydrogens is 234 g/mol. The molecule has 6 heteroatoms. The van der Waals surface area contributed by atoms with Crippen molar-refractivity contribution < 1.29 is 13.9 Å². The zero-order chi connectivity index (χ0) is 12.6. The van der Waals surface area contributed by atoms with Crippen LogP contribution in [0.5, 0.6) is 0 Å². The van der Waals surface area contributed by atoms with Gasteiger partial charge in [-0.1, -0.05) is 0 Å². The number of nitrogen functional groups attached to an aromatic ring is 1. The highest BCUT2D eigenvalue weighted by Crippen LogP contribution is 2.32. The molecule has 6 nitrogen and oxygen atoms in total. The van der Waals surface area contributed by atoms with Crippen LogP contribution in [0.25, 0.3) is 0 Å². The maximum absolute atomic E-state index is 5.73. The van der Waals surface area contributed by atoms with Crippen LogP contribution in [0.15, 0.2) is 28.9 Å². The first-order chi connectivity index (χ1) is 8.66. The van der Waals surface area contributed by atoms with Gasteiger partial charge in [0.05, 0.1) is 31.6 Å². The van der Waals surface area contributed by atoms with Gasteiger partial charge >= 0.3 is 0 Å². The molecule has 18 heavy (non-hydrogen) atoms. The Morgan fingerprint density at radius 3 is 2.83 bits per heavy atom. The Bertz CT molecular complexity index is 540. The summed E-state index contributed by atoms with van der Waals surface area (Å²) >= 11 is 0. The van der Waals surface area contributed by atoms with Crippen LogP contribution < -0.4 is 5.73 Å². The van der Waals surface area contributed by atoms with Crippen molar-refractivity contribution in [1.82, 2.24) is 9.78 Å². The van der Waals surface area contributed by atoms with Crippen LogP contribution in [0, 0.1) is 0 Å². The average Bonchev–Trinajstić information content (AvgIpc) is 3.02. The zero-order valence-electron chi connectivity index (χ0n) is 10.1. The summed E-state index contributed by atoms with van der Waals surface area (Å²) in [5.41, 5.74) is 6.24. The van der Waals surface area contributed by atoms with Gasteiger partial charge in [-0.2, -0.15) is 5.10 Å². The van der Waals surface area contributed by atoms with Crippen LogP contribution in [-0.4, -0.2) is 23.0 Å². The third-order valence-corrected chi connectivity index (χ3v) is 2.92. The van der Waals surface area contributed by atoms with E-state index in [0.29, 0.717) is 31.2 Å². The molecule has 2 N–H and O–H groups in total. The fourth-order valence-electron chi connectivity index (χ4n) is 1.99. The van der Waals surface area contributed by atoms with Gasteiger partial charge in [0.15, 0.2) is 5.76 Å². The number of rotatable bonds is 3. The van der Waals surface area contributed by atoms with E-state index < -0.39 is 5.79 Å². The van der Waals surface area contributed by atoms with Crippen LogP contribution in [0.3, 0.4) is 0 Å². The van der Waals surface area contributed by atoms with Gasteiger partial charge in [-0.25, -0.2) is 0 Å². The highest BCUT2D eigenvalue weighted by molar-refractivity contribution is 5.30. The highest BCUT2D eigenvalue weighted by Gasteiger charge is 2.36. The van der Waals surface area contributed by atoms with Gasteiger partial charge in [-0.3, -0.25) is 4.68 Å². The molecule has 0 amide bonds. The molecule has 0 atom stereocenters. The summed E-state index contributed by atoms with van der Waals surface area (Å²) in [6.45, 7) is 3.56. The summed E-state index contributed by atoms with van der Waals surface area (Å²) in [5, 5.41) is 4.10. The van der Waals surface area contributed by atoms with E-state index in [0.717, 1.165) is 5.76 Å². The van der Waals surface area contributed by atoms with Crippen molar-refractivity contribution in [2.45, 2.75) is 19.3 Å². The van der Waals surface area contributed by atoms with Gasteiger partial charge in [-0.15, -0.1) is 0 Å². The van der Waals surface area contributed by atoms with E-state index in [2.05, 4.69) is 5.10 Å². The highest BCUT2D eigenvalue weighted by atomic mass is 16.7. The summed E-state index contributed by atoms with van der Waals surface area (Å²) < 4.78 is 18.5. The molecule has 0 radical (unpaired) electrons. The predicted octanol–water partition coefficient (Wildman–Crippen LogP) is 1.33. The van der Waals surface area contributed by atoms with Crippen LogP contribution >= 0.6 is 0 Å². The van der Waals surface area contributed by atoms with E-state index in [4.69, 9.17) is 19.6 Å². The van der Waals surface area contributed by atoms with E-state index in [1.807, 2.05) is 19.1 Å². The molecule has 0 aliphatic carbocycles. The molecule has 1 saturated heterocycles. The van der Waals surface area contributed by atoms with Crippen molar-refractivity contribution >= 4 is 5.69 Å². The Kier molecular flexibility index (Phi) is 2.61. The zero-order valence-corrected chi connectivity index (χ0v) is 10.1. The fourth-order valence-corrected chi connectivity index (χ4v) is 1.99. The first-order valence-electron chi connectivity index (χ1n) is 5.81. The van der Waals surface area contributed by atoms with Crippen LogP contribution in [0.4, 0.5) is 5.69 Å². The Morgan fingerprint density at radius 1 is 1.39 bits per heavy atom. The second-order valence-corrected chi connectivity index (χ2v) is 4.38. The third kappa shape index (κ3) is 2.00. The monoisotopic (exact) mass is 249 g/mol. The third-order valence-electron chi connectivity index (χ3n) is 2.92. The number of nitrogens with zero attached hydrogens (tertiary/aromatic N) is 2. The normalized spacial score (nSPS) is 18.3. The minimum absolute atomic E-state index is 0.535. The minimum atomic E-state index is -0.763. The molecular formula is C12H15N3O3. The maximum Gasteiger partial charge on any atom is 0.225 e. The second-order valence-electron chi connectivity index (χ2n) is 4.38. The molecule has 0 bridgehead atoms. The number of ether oxygens (including phenoxy) is 2. The fraction of sp³-hybridized carbons (Fsp3) is 0.417. The van der Waals surface area contributed by atoms with Crippen molar-refractivity contribution in [3.8, 4) is 0 Å². The van der Waals surface area contributed by atoms with Crippen molar-refractivity contribution in [2.24, 2.45) is 0 Å². The molecule has 0 spiro atoms. The molecule has 1 aliphatic rings. The molecule has 2 aromatic heterocycles. The molecule has 0 aromatic carbocycles. The van der Waals surface area contributed by atoms with E-state index in [9.17, 15) is 0 Å². The lowest BCUT2D eigenvalue weighted by atomic mass is 10.2. The standard InChI is InChI=1S/C12H15N3O3/c1-12(16-4-5-17-12)11-3-2-10(18-11)8-15-7-9(13)6-14-15/h2-3,6-7H,4-5,8,13H2,1H3. The smallest absolute Gasteiger partial charge is 0.225 e. The maximum atomic E-state index is 5.73. The quantitative estimate of drug-likeness (QED) is 0.888. The number of furan rings is 1. The number of hydrogen-bond acceptors (Lipinski definition) is 5. The van der Waals surface area contributed by atoms with Gasteiger partial charge < -0.3 is 19.6 Å². The first-order valence-corrected chi connectivity index (χ1v) is 5.81. The molecule has 1 fully saturated rings. The molecule has 3 rings (SSSR count). The second kappa shape index (κ2) is 4.15. The molecule has 0 saturated carbocycles. The van der Waals surface area contributed by atoms with Gasteiger partial charge in [0.2, 0.25) is 5.79 Å². The molecule has 3 heterocycles. The molecule has 0 unspecified atom stereocenters. The molecule has 2 aromatic rings. The lowest BCUT2D eigenvalue weighted by Crippen LogP contribution is -2.21. The van der Waals surface area contributed by atoms with Crippen LogP contribution in [0.2, 0.25) is 0 Å². The summed E-state index contributed by atoms with van der Waals surface area (Å²) in [6, 6.07) is 3.76. The van der Waals surface area contributed by atoms with E-state index in [1.165, 1.54) is 0 Å². The largest absolute Gasteiger partial charge is 0.458 e. The molecule has 96 valence electrons. The first kappa shape index (κ1) is 11.3. The van der Waals surface area contributed by atoms with Crippen LogP contribution in [-0.2, 0) is 21.8 Å². The van der Waals surface area contributed by atoms with Crippen molar-refractivity contribution in [1.29, 1.82) is 0 Å². The van der Waals surface area contributed by atoms with Gasteiger partial charge in [0.1, 0.15) is 5.76 Å². The average molecular weight is 249 g/mol.